The predicted octanol–water partition coefficient (Wildman–Crippen LogP) is 5.18. The molecule has 0 aliphatic carbocycles. The third-order valence-electron chi connectivity index (χ3n) is 2.59. The van der Waals surface area contributed by atoms with Crippen molar-refractivity contribution in [1.82, 2.24) is 9.97 Å². The molecule has 1 aromatic carbocycles. The van der Waals surface area contributed by atoms with Crippen LogP contribution < -0.4 is 0 Å². The maximum Gasteiger partial charge on any atom is 0.142 e. The minimum absolute atomic E-state index is 0.548. The van der Waals surface area contributed by atoms with Gasteiger partial charge in [-0.05, 0) is 29.8 Å². The van der Waals surface area contributed by atoms with Crippen LogP contribution >= 0.6 is 34.5 Å². The van der Waals surface area contributed by atoms with Crippen LogP contribution in [0, 0.1) is 0 Å². The molecular weight excluding hydrogens is 299 g/mol. The van der Waals surface area contributed by atoms with Gasteiger partial charge in [-0.15, -0.1) is 11.3 Å². The van der Waals surface area contributed by atoms with Crippen molar-refractivity contribution in [2.75, 3.05) is 0 Å². The van der Waals surface area contributed by atoms with Crippen LogP contribution in [0.25, 0.3) is 21.1 Å². The van der Waals surface area contributed by atoms with E-state index in [9.17, 15) is 0 Å². The van der Waals surface area contributed by atoms with Crippen molar-refractivity contribution in [1.29, 1.82) is 0 Å². The molecule has 2 nitrogen and oxygen atoms in total. The maximum atomic E-state index is 6.03. The second-order valence-electron chi connectivity index (χ2n) is 3.87. The Hall–Kier alpha value is -1.42. The fourth-order valence-corrected chi connectivity index (χ4v) is 2.85. The van der Waals surface area contributed by atoms with E-state index in [2.05, 4.69) is 9.97 Å². The van der Waals surface area contributed by atoms with E-state index >= 15 is 0 Å². The number of pyridine rings is 1. The summed E-state index contributed by atoms with van der Waals surface area (Å²) in [5, 5.41) is 1.99. The van der Waals surface area contributed by atoms with Crippen molar-refractivity contribution in [3.05, 3.63) is 58.8 Å². The fourth-order valence-electron chi connectivity index (χ4n) is 1.66. The van der Waals surface area contributed by atoms with Crippen LogP contribution in [0.3, 0.4) is 0 Å². The number of hydrogen-bond donors (Lipinski definition) is 0. The van der Waals surface area contributed by atoms with Crippen molar-refractivity contribution < 1.29 is 0 Å². The minimum Gasteiger partial charge on any atom is -0.254 e. The first-order valence-corrected chi connectivity index (χ1v) is 7.14. The summed E-state index contributed by atoms with van der Waals surface area (Å²) in [6.07, 6.45) is 3.59. The van der Waals surface area contributed by atoms with Crippen molar-refractivity contribution in [2.45, 2.75) is 0 Å². The minimum atomic E-state index is 0.548. The normalized spacial score (nSPS) is 10.6. The first-order chi connectivity index (χ1) is 9.24. The molecule has 5 heteroatoms. The highest BCUT2D eigenvalue weighted by Gasteiger charge is 2.08. The number of nitrogens with zero attached hydrogens (tertiary/aromatic N) is 2. The lowest BCUT2D eigenvalue weighted by molar-refractivity contribution is 1.29. The highest BCUT2D eigenvalue weighted by molar-refractivity contribution is 7.18. The standard InChI is InChI=1S/C14H8Cl2N2S/c15-10-5-4-9(7-11(10)16)13-8-18-14(19-13)12-3-1-2-6-17-12/h1-8H. The Morgan fingerprint density at radius 3 is 2.58 bits per heavy atom. The van der Waals surface area contributed by atoms with Gasteiger partial charge in [0.1, 0.15) is 5.01 Å². The molecule has 94 valence electrons. The third kappa shape index (κ3) is 2.63. The largest absolute Gasteiger partial charge is 0.254 e. The van der Waals surface area contributed by atoms with E-state index < -0.39 is 0 Å². The topological polar surface area (TPSA) is 25.8 Å². The second kappa shape index (κ2) is 5.29. The molecule has 3 aromatic rings. The van der Waals surface area contributed by atoms with Crippen LogP contribution in [-0.4, -0.2) is 9.97 Å². The van der Waals surface area contributed by atoms with Crippen LogP contribution in [0.1, 0.15) is 0 Å². The van der Waals surface area contributed by atoms with Gasteiger partial charge in [-0.25, -0.2) is 4.98 Å². The summed E-state index contributed by atoms with van der Waals surface area (Å²) < 4.78 is 0. The van der Waals surface area contributed by atoms with Crippen molar-refractivity contribution >= 4 is 34.5 Å². The van der Waals surface area contributed by atoms with Crippen molar-refractivity contribution in [2.24, 2.45) is 0 Å². The molecule has 2 heterocycles. The molecular formula is C14H8Cl2N2S. The lowest BCUT2D eigenvalue weighted by Crippen LogP contribution is -1.78. The van der Waals surface area contributed by atoms with Gasteiger partial charge in [0.25, 0.3) is 0 Å². The van der Waals surface area contributed by atoms with E-state index in [4.69, 9.17) is 23.2 Å². The summed E-state index contributed by atoms with van der Waals surface area (Å²) >= 11 is 13.5. The van der Waals surface area contributed by atoms with Crippen LogP contribution in [-0.2, 0) is 0 Å². The van der Waals surface area contributed by atoms with Crippen molar-refractivity contribution in [3.63, 3.8) is 0 Å². The lowest BCUT2D eigenvalue weighted by Gasteiger charge is -1.99. The number of halogens is 2. The van der Waals surface area contributed by atoms with Gasteiger partial charge in [-0.3, -0.25) is 4.98 Å². The first kappa shape index (κ1) is 12.6. The van der Waals surface area contributed by atoms with Gasteiger partial charge >= 0.3 is 0 Å². The molecule has 0 spiro atoms. The van der Waals surface area contributed by atoms with Gasteiger partial charge in [-0.1, -0.05) is 35.3 Å². The second-order valence-corrected chi connectivity index (χ2v) is 5.72. The molecule has 0 aliphatic rings. The molecule has 0 aliphatic heterocycles. The Balaban J connectivity index is 1.99. The molecule has 0 amide bonds. The Morgan fingerprint density at radius 1 is 0.947 bits per heavy atom. The zero-order chi connectivity index (χ0) is 13.2. The Morgan fingerprint density at radius 2 is 1.84 bits per heavy atom. The van der Waals surface area contributed by atoms with Gasteiger partial charge in [-0.2, -0.15) is 0 Å². The van der Waals surface area contributed by atoms with Crippen molar-refractivity contribution in [3.8, 4) is 21.1 Å². The van der Waals surface area contributed by atoms with Gasteiger partial charge in [0.2, 0.25) is 0 Å². The van der Waals surface area contributed by atoms with Gasteiger partial charge in [0.05, 0.1) is 20.6 Å². The average Bonchev–Trinajstić information content (AvgIpc) is 2.93. The van der Waals surface area contributed by atoms with E-state index in [0.29, 0.717) is 10.0 Å². The summed E-state index contributed by atoms with van der Waals surface area (Å²) in [6.45, 7) is 0. The van der Waals surface area contributed by atoms with E-state index in [1.165, 1.54) is 0 Å². The predicted molar refractivity (Wildman–Crippen MR) is 80.8 cm³/mol. The molecule has 0 fully saturated rings. The third-order valence-corrected chi connectivity index (χ3v) is 4.40. The fraction of sp³-hybridized carbons (Fsp3) is 0. The Bertz CT molecular complexity index is 710. The van der Waals surface area contributed by atoms with Crippen LogP contribution in [0.2, 0.25) is 10.0 Å². The highest BCUT2D eigenvalue weighted by atomic mass is 35.5. The number of benzene rings is 1. The zero-order valence-corrected chi connectivity index (χ0v) is 12.0. The number of aromatic nitrogens is 2. The zero-order valence-electron chi connectivity index (χ0n) is 9.68. The average molecular weight is 307 g/mol. The van der Waals surface area contributed by atoms with E-state index in [-0.39, 0.29) is 0 Å². The molecule has 0 bridgehead atoms. The van der Waals surface area contributed by atoms with Gasteiger partial charge < -0.3 is 0 Å². The van der Waals surface area contributed by atoms with Crippen LogP contribution in [0.15, 0.2) is 48.8 Å². The van der Waals surface area contributed by atoms with E-state index in [0.717, 1.165) is 21.1 Å². The quantitative estimate of drug-likeness (QED) is 0.652. The molecule has 0 N–H and O–H groups in total. The lowest BCUT2D eigenvalue weighted by atomic mass is 10.2. The smallest absolute Gasteiger partial charge is 0.142 e. The Kier molecular flexibility index (Phi) is 3.51. The molecule has 0 saturated carbocycles. The molecule has 0 saturated heterocycles. The molecule has 0 radical (unpaired) electrons. The van der Waals surface area contributed by atoms with Crippen LogP contribution in [0.5, 0.6) is 0 Å². The Labute approximate surface area is 124 Å². The highest BCUT2D eigenvalue weighted by Crippen LogP contribution is 2.34. The molecule has 0 unspecified atom stereocenters. The molecule has 3 rings (SSSR count). The summed E-state index contributed by atoms with van der Waals surface area (Å²) in [7, 11) is 0. The van der Waals surface area contributed by atoms with Gasteiger partial charge in [0.15, 0.2) is 0 Å². The van der Waals surface area contributed by atoms with Gasteiger partial charge in [0, 0.05) is 12.4 Å². The number of thiazole rings is 1. The molecule has 19 heavy (non-hydrogen) atoms. The summed E-state index contributed by atoms with van der Waals surface area (Å²) in [5.41, 5.74) is 1.88. The SMILES string of the molecule is Clc1ccc(-c2cnc(-c3ccccn3)s2)cc1Cl. The number of hydrogen-bond acceptors (Lipinski definition) is 3. The van der Waals surface area contributed by atoms with Crippen LogP contribution in [0.4, 0.5) is 0 Å². The summed E-state index contributed by atoms with van der Waals surface area (Å²) in [5.74, 6) is 0. The summed E-state index contributed by atoms with van der Waals surface area (Å²) in [6, 6.07) is 11.3. The monoisotopic (exact) mass is 306 g/mol. The van der Waals surface area contributed by atoms with E-state index in [1.54, 1.807) is 23.6 Å². The summed E-state index contributed by atoms with van der Waals surface area (Å²) in [4.78, 5) is 9.72. The van der Waals surface area contributed by atoms with E-state index in [1.807, 2.05) is 36.5 Å². The molecule has 0 atom stereocenters. The number of rotatable bonds is 2. The molecule has 2 aromatic heterocycles. The first-order valence-electron chi connectivity index (χ1n) is 5.57. The maximum absolute atomic E-state index is 6.03.